The standard InChI is InChI=1S/C20H18ClFN4O2S/c1-13-11-25(6-7-26(13)20(27)17-3-2-8-29-17)18-10-19(24-12-23-18)28-16-5-4-14(22)9-15(16)21/h2-5,8-10,12-13H,6-7,11H2,1H3/t13-/m0/s1. The highest BCUT2D eigenvalue weighted by atomic mass is 35.5. The monoisotopic (exact) mass is 432 g/mol. The van der Waals surface area contributed by atoms with E-state index in [-0.39, 0.29) is 17.0 Å². The molecule has 0 N–H and O–H groups in total. The van der Waals surface area contributed by atoms with Gasteiger partial charge in [-0.2, -0.15) is 0 Å². The van der Waals surface area contributed by atoms with E-state index in [0.717, 1.165) is 4.88 Å². The van der Waals surface area contributed by atoms with Crippen molar-refractivity contribution in [2.24, 2.45) is 0 Å². The van der Waals surface area contributed by atoms with Gasteiger partial charge in [0.2, 0.25) is 5.88 Å². The Kier molecular flexibility index (Phi) is 5.64. The van der Waals surface area contributed by atoms with Crippen LogP contribution in [0.2, 0.25) is 5.02 Å². The number of halogens is 2. The maximum Gasteiger partial charge on any atom is 0.264 e. The number of nitrogens with zero attached hydrogens (tertiary/aromatic N) is 4. The fourth-order valence-electron chi connectivity index (χ4n) is 3.24. The molecule has 1 fully saturated rings. The quantitative estimate of drug-likeness (QED) is 0.608. The summed E-state index contributed by atoms with van der Waals surface area (Å²) in [4.78, 5) is 25.8. The minimum Gasteiger partial charge on any atom is -0.437 e. The molecule has 0 bridgehead atoms. The summed E-state index contributed by atoms with van der Waals surface area (Å²) in [5.41, 5.74) is 0. The Morgan fingerprint density at radius 3 is 2.86 bits per heavy atom. The Morgan fingerprint density at radius 2 is 2.14 bits per heavy atom. The van der Waals surface area contributed by atoms with Crippen molar-refractivity contribution in [3.63, 3.8) is 0 Å². The first kappa shape index (κ1) is 19.6. The molecule has 1 aromatic carbocycles. The molecule has 29 heavy (non-hydrogen) atoms. The van der Waals surface area contributed by atoms with Gasteiger partial charge in [-0.15, -0.1) is 11.3 Å². The van der Waals surface area contributed by atoms with E-state index in [1.165, 1.54) is 35.9 Å². The van der Waals surface area contributed by atoms with Crippen LogP contribution in [-0.2, 0) is 0 Å². The molecule has 2 aromatic heterocycles. The van der Waals surface area contributed by atoms with E-state index < -0.39 is 5.82 Å². The van der Waals surface area contributed by atoms with Gasteiger partial charge in [0.1, 0.15) is 23.7 Å². The molecule has 3 heterocycles. The third-order valence-electron chi connectivity index (χ3n) is 4.68. The lowest BCUT2D eigenvalue weighted by molar-refractivity contribution is 0.0678. The predicted octanol–water partition coefficient (Wildman–Crippen LogP) is 4.47. The summed E-state index contributed by atoms with van der Waals surface area (Å²) in [5, 5.41) is 2.07. The second-order valence-corrected chi connectivity index (χ2v) is 8.02. The summed E-state index contributed by atoms with van der Waals surface area (Å²) in [6.07, 6.45) is 1.41. The maximum atomic E-state index is 13.2. The number of carbonyl (C=O) groups excluding carboxylic acids is 1. The molecule has 1 aliphatic rings. The van der Waals surface area contributed by atoms with Gasteiger partial charge in [-0.1, -0.05) is 17.7 Å². The molecule has 3 aromatic rings. The molecule has 4 rings (SSSR count). The molecular formula is C20H18ClFN4O2S. The summed E-state index contributed by atoms with van der Waals surface area (Å²) in [7, 11) is 0. The van der Waals surface area contributed by atoms with Crippen LogP contribution in [0, 0.1) is 5.82 Å². The third kappa shape index (κ3) is 4.33. The average molecular weight is 433 g/mol. The van der Waals surface area contributed by atoms with Crippen LogP contribution in [-0.4, -0.2) is 46.5 Å². The van der Waals surface area contributed by atoms with Gasteiger partial charge in [0.05, 0.1) is 9.90 Å². The van der Waals surface area contributed by atoms with Crippen molar-refractivity contribution in [3.05, 3.63) is 63.8 Å². The molecule has 0 radical (unpaired) electrons. The second kappa shape index (κ2) is 8.34. The van der Waals surface area contributed by atoms with E-state index >= 15 is 0 Å². The van der Waals surface area contributed by atoms with E-state index in [4.69, 9.17) is 16.3 Å². The number of hydrogen-bond donors (Lipinski definition) is 0. The van der Waals surface area contributed by atoms with Crippen LogP contribution in [0.3, 0.4) is 0 Å². The molecule has 150 valence electrons. The van der Waals surface area contributed by atoms with Gasteiger partial charge in [0.25, 0.3) is 5.91 Å². The maximum absolute atomic E-state index is 13.2. The summed E-state index contributed by atoms with van der Waals surface area (Å²) in [6.45, 7) is 3.91. The summed E-state index contributed by atoms with van der Waals surface area (Å²) in [5.74, 6) is 0.952. The number of anilines is 1. The highest BCUT2D eigenvalue weighted by Crippen LogP contribution is 2.30. The minimum absolute atomic E-state index is 0.0317. The fraction of sp³-hybridized carbons (Fsp3) is 0.250. The smallest absolute Gasteiger partial charge is 0.264 e. The van der Waals surface area contributed by atoms with Crippen LogP contribution in [0.4, 0.5) is 10.2 Å². The molecular weight excluding hydrogens is 415 g/mol. The normalized spacial score (nSPS) is 16.7. The van der Waals surface area contributed by atoms with Crippen molar-refractivity contribution in [2.75, 3.05) is 24.5 Å². The van der Waals surface area contributed by atoms with Crippen LogP contribution in [0.25, 0.3) is 0 Å². The van der Waals surface area contributed by atoms with Crippen molar-refractivity contribution in [2.45, 2.75) is 13.0 Å². The number of piperazine rings is 1. The van der Waals surface area contributed by atoms with E-state index in [0.29, 0.717) is 37.1 Å². The minimum atomic E-state index is -0.435. The van der Waals surface area contributed by atoms with Crippen molar-refractivity contribution in [3.8, 4) is 11.6 Å². The van der Waals surface area contributed by atoms with E-state index in [2.05, 4.69) is 14.9 Å². The Labute approximate surface area is 176 Å². The summed E-state index contributed by atoms with van der Waals surface area (Å²) >= 11 is 7.47. The van der Waals surface area contributed by atoms with Gasteiger partial charge >= 0.3 is 0 Å². The van der Waals surface area contributed by atoms with E-state index in [1.54, 1.807) is 6.07 Å². The summed E-state index contributed by atoms with van der Waals surface area (Å²) in [6, 6.07) is 9.39. The highest BCUT2D eigenvalue weighted by molar-refractivity contribution is 7.12. The van der Waals surface area contributed by atoms with E-state index in [1.807, 2.05) is 29.3 Å². The van der Waals surface area contributed by atoms with Crippen molar-refractivity contribution >= 4 is 34.7 Å². The molecule has 9 heteroatoms. The van der Waals surface area contributed by atoms with Crippen LogP contribution in [0.1, 0.15) is 16.6 Å². The van der Waals surface area contributed by atoms with Crippen molar-refractivity contribution in [1.82, 2.24) is 14.9 Å². The average Bonchev–Trinajstić information content (AvgIpc) is 3.25. The van der Waals surface area contributed by atoms with Gasteiger partial charge in [-0.25, -0.2) is 14.4 Å². The molecule has 0 spiro atoms. The fourth-order valence-corrected chi connectivity index (χ4v) is 4.12. The van der Waals surface area contributed by atoms with Gasteiger partial charge in [-0.05, 0) is 36.6 Å². The van der Waals surface area contributed by atoms with Crippen molar-refractivity contribution in [1.29, 1.82) is 0 Å². The number of benzene rings is 1. The molecule has 0 unspecified atom stereocenters. The number of amides is 1. The SMILES string of the molecule is C[C@H]1CN(c2cc(Oc3ccc(F)cc3Cl)ncn2)CCN1C(=O)c1cccs1. The predicted molar refractivity (Wildman–Crippen MR) is 111 cm³/mol. The molecule has 1 atom stereocenters. The van der Waals surface area contributed by atoms with Crippen LogP contribution < -0.4 is 9.64 Å². The van der Waals surface area contributed by atoms with Crippen LogP contribution >= 0.6 is 22.9 Å². The van der Waals surface area contributed by atoms with Crippen molar-refractivity contribution < 1.29 is 13.9 Å². The lowest BCUT2D eigenvalue weighted by Crippen LogP contribution is -2.54. The van der Waals surface area contributed by atoms with Gasteiger partial charge in [-0.3, -0.25) is 4.79 Å². The number of thiophene rings is 1. The Balaban J connectivity index is 1.46. The van der Waals surface area contributed by atoms with Crippen LogP contribution in [0.15, 0.2) is 48.1 Å². The topological polar surface area (TPSA) is 58.6 Å². The first-order chi connectivity index (χ1) is 14.0. The molecule has 0 saturated carbocycles. The first-order valence-corrected chi connectivity index (χ1v) is 10.3. The Hall–Kier alpha value is -2.71. The number of carbonyl (C=O) groups is 1. The Morgan fingerprint density at radius 1 is 1.28 bits per heavy atom. The number of ether oxygens (including phenoxy) is 1. The highest BCUT2D eigenvalue weighted by Gasteiger charge is 2.29. The van der Waals surface area contributed by atoms with Gasteiger partial charge in [0.15, 0.2) is 0 Å². The molecule has 1 saturated heterocycles. The Bertz CT molecular complexity index is 1020. The van der Waals surface area contributed by atoms with E-state index in [9.17, 15) is 9.18 Å². The largest absolute Gasteiger partial charge is 0.437 e. The zero-order valence-electron chi connectivity index (χ0n) is 15.6. The molecule has 6 nitrogen and oxygen atoms in total. The zero-order valence-corrected chi connectivity index (χ0v) is 17.2. The summed E-state index contributed by atoms with van der Waals surface area (Å²) < 4.78 is 18.9. The zero-order chi connectivity index (χ0) is 20.4. The van der Waals surface area contributed by atoms with Crippen LogP contribution in [0.5, 0.6) is 11.6 Å². The second-order valence-electron chi connectivity index (χ2n) is 6.66. The number of hydrogen-bond acceptors (Lipinski definition) is 6. The molecule has 0 aliphatic carbocycles. The first-order valence-electron chi connectivity index (χ1n) is 9.05. The molecule has 1 amide bonds. The number of aromatic nitrogens is 2. The third-order valence-corrected chi connectivity index (χ3v) is 5.83. The molecule has 1 aliphatic heterocycles. The number of rotatable bonds is 4. The van der Waals surface area contributed by atoms with Gasteiger partial charge < -0.3 is 14.5 Å². The lowest BCUT2D eigenvalue weighted by atomic mass is 10.2. The van der Waals surface area contributed by atoms with Gasteiger partial charge in [0, 0.05) is 31.7 Å². The lowest BCUT2D eigenvalue weighted by Gasteiger charge is -2.40.